The number of phenols is 1. The van der Waals surface area contributed by atoms with Gasteiger partial charge in [0.15, 0.2) is 0 Å². The monoisotopic (exact) mass is 832 g/mol. The number of anilines is 2. The third-order valence-corrected chi connectivity index (χ3v) is 10.6. The molecular weight excluding hydrogens is 792 g/mol. The van der Waals surface area contributed by atoms with E-state index in [-0.39, 0.29) is 24.1 Å². The van der Waals surface area contributed by atoms with Gasteiger partial charge in [-0.05, 0) is 99.6 Å². The van der Waals surface area contributed by atoms with Crippen molar-refractivity contribution in [1.82, 2.24) is 25.4 Å². The Balaban J connectivity index is 1.28. The highest BCUT2D eigenvalue weighted by atomic mass is 79.9. The maximum absolute atomic E-state index is 14.1. The van der Waals surface area contributed by atoms with Crippen molar-refractivity contribution in [2.24, 2.45) is 5.73 Å². The van der Waals surface area contributed by atoms with Crippen LogP contribution in [0.4, 0.5) is 16.2 Å². The van der Waals surface area contributed by atoms with E-state index in [1.165, 1.54) is 0 Å². The number of amides is 4. The lowest BCUT2D eigenvalue weighted by Gasteiger charge is -2.38. The number of pyridine rings is 1. The van der Waals surface area contributed by atoms with Gasteiger partial charge in [-0.15, -0.1) is 0 Å². The number of carbonyl (C=O) groups is 3. The number of rotatable bonds is 12. The number of aromatic hydroxyl groups is 1. The number of phenolic OH excluding ortho intramolecular Hbond substituents is 1. The number of nitrogens with one attached hydrogen (secondary N) is 2. The number of piperazine rings is 2. The molecule has 5 N–H and O–H groups in total. The number of hydrogen-bond donors (Lipinski definition) is 4. The van der Waals surface area contributed by atoms with Gasteiger partial charge in [-0.3, -0.25) is 14.6 Å². The molecule has 2 aromatic carbocycles. The predicted molar refractivity (Wildman–Crippen MR) is 203 cm³/mol. The number of urea groups is 1. The first kappa shape index (κ1) is 37.7. The Morgan fingerprint density at radius 1 is 0.840 bits per heavy atom. The predicted octanol–water partition coefficient (Wildman–Crippen LogP) is 4.37. The Labute approximate surface area is 314 Å². The van der Waals surface area contributed by atoms with Crippen molar-refractivity contribution < 1.29 is 19.5 Å². The molecule has 3 aromatic rings. The Morgan fingerprint density at radius 3 is 2.10 bits per heavy atom. The van der Waals surface area contributed by atoms with E-state index in [0.29, 0.717) is 97.7 Å². The number of nitrogens with zero attached hydrogens (tertiary/aromatic N) is 5. The molecule has 2 aliphatic heterocycles. The van der Waals surface area contributed by atoms with Crippen molar-refractivity contribution >= 4 is 72.7 Å². The van der Waals surface area contributed by atoms with Crippen molar-refractivity contribution in [3.05, 3.63) is 80.5 Å². The van der Waals surface area contributed by atoms with Crippen molar-refractivity contribution in [3.8, 4) is 5.75 Å². The van der Waals surface area contributed by atoms with Gasteiger partial charge in [0.25, 0.3) is 0 Å². The summed E-state index contributed by atoms with van der Waals surface area (Å²) in [6.45, 7) is 4.86. The second kappa shape index (κ2) is 18.1. The summed E-state index contributed by atoms with van der Waals surface area (Å²) in [6, 6.07) is 12.8. The summed E-state index contributed by atoms with van der Waals surface area (Å²) >= 11 is 13.2. The fourth-order valence-electron chi connectivity index (χ4n) is 6.26. The third kappa shape index (κ3) is 9.80. The number of hydrogen-bond acceptors (Lipinski definition) is 8. The fraction of sp³-hybridized carbons (Fsp3) is 0.429. The van der Waals surface area contributed by atoms with Gasteiger partial charge < -0.3 is 41.1 Å². The zero-order chi connectivity index (χ0) is 35.6. The first-order valence-electron chi connectivity index (χ1n) is 16.8. The lowest BCUT2D eigenvalue weighted by molar-refractivity contribution is -0.137. The highest BCUT2D eigenvalue weighted by Gasteiger charge is 2.33. The lowest BCUT2D eigenvalue weighted by atomic mass is 10.0. The van der Waals surface area contributed by atoms with Crippen molar-refractivity contribution in [3.63, 3.8) is 0 Å². The van der Waals surface area contributed by atoms with Crippen molar-refractivity contribution in [2.45, 2.75) is 37.8 Å². The van der Waals surface area contributed by atoms with Crippen LogP contribution in [0.25, 0.3) is 0 Å². The molecule has 3 heterocycles. The molecule has 15 heteroatoms. The molecule has 1 aromatic heterocycles. The van der Waals surface area contributed by atoms with Gasteiger partial charge in [-0.25, -0.2) is 4.79 Å². The number of aromatic nitrogens is 1. The summed E-state index contributed by atoms with van der Waals surface area (Å²) in [5, 5.41) is 16.9. The minimum absolute atomic E-state index is 0.0322. The van der Waals surface area contributed by atoms with E-state index < -0.39 is 18.0 Å². The summed E-state index contributed by atoms with van der Waals surface area (Å²) in [5.74, 6) is -0.583. The molecule has 0 unspecified atom stereocenters. The van der Waals surface area contributed by atoms with Crippen molar-refractivity contribution in [2.75, 3.05) is 68.7 Å². The minimum atomic E-state index is -0.999. The molecule has 0 spiro atoms. The topological polar surface area (TPSA) is 147 Å². The molecule has 5 rings (SSSR count). The molecule has 0 aliphatic carbocycles. The van der Waals surface area contributed by atoms with E-state index in [9.17, 15) is 19.5 Å². The van der Waals surface area contributed by atoms with Crippen LogP contribution in [0.2, 0.25) is 5.02 Å². The third-order valence-electron chi connectivity index (χ3n) is 9.07. The summed E-state index contributed by atoms with van der Waals surface area (Å²) in [6.07, 6.45) is 5.43. The largest absolute Gasteiger partial charge is 0.506 e. The van der Waals surface area contributed by atoms with Gasteiger partial charge in [-0.1, -0.05) is 23.7 Å². The van der Waals surface area contributed by atoms with Gasteiger partial charge in [0, 0.05) is 76.9 Å². The molecule has 2 atom stereocenters. The normalized spacial score (nSPS) is 16.2. The number of carbonyl (C=O) groups excluding carboxylic acids is 3. The number of nitrogens with two attached hydrogens (primary N) is 1. The van der Waals surface area contributed by atoms with Gasteiger partial charge in [-0.2, -0.15) is 0 Å². The van der Waals surface area contributed by atoms with Gasteiger partial charge in [0.05, 0.1) is 19.7 Å². The molecule has 2 aliphatic rings. The molecular formula is C35H43Br2ClN8O4. The van der Waals surface area contributed by atoms with Crippen LogP contribution in [0.15, 0.2) is 69.9 Å². The quantitative estimate of drug-likeness (QED) is 0.197. The maximum Gasteiger partial charge on any atom is 0.318 e. The zero-order valence-corrected chi connectivity index (χ0v) is 31.7. The SMILES string of the molecule is NCCCC[C@H](NC(=O)[C@@H](Cc1cc(Br)c(O)c(Br)c1)NC(=O)N1CCN(c2ccccc2Cl)CC1)C(=O)N1CCN(c2ccncc2)CC1. The Bertz CT molecular complexity index is 1600. The van der Waals surface area contributed by atoms with Crippen LogP contribution in [-0.4, -0.2) is 109 Å². The van der Waals surface area contributed by atoms with Crippen LogP contribution >= 0.6 is 43.5 Å². The standard InChI is InChI=1S/C35H43Br2ClN8O4/c36-26-21-24(22-27(37)32(26)47)23-30(42-35(50)46-19-15-44(16-20-46)31-7-2-1-5-28(31)38)33(48)41-29(6-3-4-10-39)34(49)45-17-13-43(14-18-45)25-8-11-40-12-9-25/h1-2,5,7-9,11-12,21-22,29-30,47H,3-4,6,10,13-20,23,39H2,(H,41,48)(H,42,50)/t29-,30+/m0/s1. The summed E-state index contributed by atoms with van der Waals surface area (Å²) in [7, 11) is 0. The van der Waals surface area contributed by atoms with E-state index in [1.54, 1.807) is 34.3 Å². The highest BCUT2D eigenvalue weighted by Crippen LogP contribution is 2.34. The number of unbranched alkanes of at least 4 members (excludes halogenated alkanes) is 1. The van der Waals surface area contributed by atoms with E-state index in [2.05, 4.69) is 57.3 Å². The van der Waals surface area contributed by atoms with Gasteiger partial charge >= 0.3 is 6.03 Å². The van der Waals surface area contributed by atoms with Crippen LogP contribution in [0.1, 0.15) is 24.8 Å². The molecule has 2 fully saturated rings. The smallest absolute Gasteiger partial charge is 0.318 e. The van der Waals surface area contributed by atoms with Gasteiger partial charge in [0.2, 0.25) is 11.8 Å². The second-order valence-corrected chi connectivity index (χ2v) is 14.5. The Morgan fingerprint density at radius 2 is 1.46 bits per heavy atom. The average Bonchev–Trinajstić information content (AvgIpc) is 3.13. The minimum Gasteiger partial charge on any atom is -0.506 e. The Hall–Kier alpha value is -3.59. The van der Waals surface area contributed by atoms with E-state index in [4.69, 9.17) is 17.3 Å². The first-order valence-corrected chi connectivity index (χ1v) is 18.8. The summed E-state index contributed by atoms with van der Waals surface area (Å²) in [4.78, 5) is 53.6. The molecule has 0 saturated carbocycles. The molecule has 4 amide bonds. The van der Waals surface area contributed by atoms with E-state index in [1.807, 2.05) is 36.4 Å². The molecule has 50 heavy (non-hydrogen) atoms. The zero-order valence-electron chi connectivity index (χ0n) is 27.7. The molecule has 268 valence electrons. The van der Waals surface area contributed by atoms with E-state index in [0.717, 1.165) is 11.4 Å². The first-order chi connectivity index (χ1) is 24.1. The molecule has 0 radical (unpaired) electrons. The van der Waals surface area contributed by atoms with Crippen LogP contribution in [0.5, 0.6) is 5.75 Å². The highest BCUT2D eigenvalue weighted by molar-refractivity contribution is 9.11. The van der Waals surface area contributed by atoms with Crippen LogP contribution in [0.3, 0.4) is 0 Å². The van der Waals surface area contributed by atoms with Crippen LogP contribution in [-0.2, 0) is 16.0 Å². The van der Waals surface area contributed by atoms with E-state index >= 15 is 0 Å². The summed E-state index contributed by atoms with van der Waals surface area (Å²) in [5.41, 5.74) is 8.44. The maximum atomic E-state index is 14.1. The summed E-state index contributed by atoms with van der Waals surface area (Å²) < 4.78 is 0.896. The fourth-order valence-corrected chi connectivity index (χ4v) is 7.80. The van der Waals surface area contributed by atoms with Crippen LogP contribution in [0, 0.1) is 0 Å². The van der Waals surface area contributed by atoms with Crippen molar-refractivity contribution in [1.29, 1.82) is 0 Å². The number of benzene rings is 2. The second-order valence-electron chi connectivity index (χ2n) is 12.4. The number of para-hydroxylation sites is 1. The average molecular weight is 835 g/mol. The Kier molecular flexibility index (Phi) is 13.6. The molecule has 12 nitrogen and oxygen atoms in total. The molecule has 0 bridgehead atoms. The molecule has 2 saturated heterocycles. The van der Waals surface area contributed by atoms with Gasteiger partial charge in [0.1, 0.15) is 17.8 Å². The van der Waals surface area contributed by atoms with Crippen LogP contribution < -0.4 is 26.2 Å². The number of halogens is 3. The lowest BCUT2D eigenvalue weighted by Crippen LogP contribution is -2.59.